The van der Waals surface area contributed by atoms with E-state index in [1.165, 1.54) is 6.42 Å². The number of rotatable bonds is 7. The summed E-state index contributed by atoms with van der Waals surface area (Å²) in [6, 6.07) is -0.717. The van der Waals surface area contributed by atoms with Gasteiger partial charge < -0.3 is 10.5 Å². The molecule has 1 saturated carbocycles. The normalized spacial score (nSPS) is 27.4. The van der Waals surface area contributed by atoms with E-state index in [0.29, 0.717) is 24.4 Å². The van der Waals surface area contributed by atoms with Crippen molar-refractivity contribution in [1.82, 2.24) is 0 Å². The molecule has 0 amide bonds. The monoisotopic (exact) mass is 297 g/mol. The average Bonchev–Trinajstić information content (AvgIpc) is 2.43. The Kier molecular flexibility index (Phi) is 7.36. The van der Waals surface area contributed by atoms with E-state index >= 15 is 0 Å². The molecule has 21 heavy (non-hydrogen) atoms. The molecule has 0 bridgehead atoms. The SMILES string of the molecule is CCCOC(=O)CC(N)C(=O)C1CC(C)CCC1C(C)C. The lowest BCUT2D eigenvalue weighted by Crippen LogP contribution is -2.43. The molecule has 4 unspecified atom stereocenters. The summed E-state index contributed by atoms with van der Waals surface area (Å²) in [7, 11) is 0. The average molecular weight is 297 g/mol. The van der Waals surface area contributed by atoms with Gasteiger partial charge in [-0.05, 0) is 37.0 Å². The molecule has 1 aliphatic carbocycles. The number of hydrogen-bond acceptors (Lipinski definition) is 4. The summed E-state index contributed by atoms with van der Waals surface area (Å²) in [4.78, 5) is 24.3. The topological polar surface area (TPSA) is 69.4 Å². The van der Waals surface area contributed by atoms with Gasteiger partial charge >= 0.3 is 5.97 Å². The summed E-state index contributed by atoms with van der Waals surface area (Å²) in [5.74, 6) is 1.13. The Balaban J connectivity index is 2.63. The predicted octanol–water partition coefficient (Wildman–Crippen LogP) is 2.93. The maximum atomic E-state index is 12.6. The van der Waals surface area contributed by atoms with Gasteiger partial charge in [-0.3, -0.25) is 9.59 Å². The molecule has 0 aromatic heterocycles. The van der Waals surface area contributed by atoms with Crippen LogP contribution in [-0.4, -0.2) is 24.4 Å². The van der Waals surface area contributed by atoms with Gasteiger partial charge in [0, 0.05) is 5.92 Å². The second-order valence-electron chi connectivity index (χ2n) is 6.87. The molecule has 1 aliphatic rings. The quantitative estimate of drug-likeness (QED) is 0.734. The Morgan fingerprint density at radius 3 is 2.52 bits per heavy atom. The Bertz CT molecular complexity index is 354. The van der Waals surface area contributed by atoms with Crippen LogP contribution in [0.5, 0.6) is 0 Å². The van der Waals surface area contributed by atoms with Gasteiger partial charge in [0.2, 0.25) is 0 Å². The van der Waals surface area contributed by atoms with Crippen molar-refractivity contribution >= 4 is 11.8 Å². The molecule has 4 heteroatoms. The fraction of sp³-hybridized carbons (Fsp3) is 0.882. The lowest BCUT2D eigenvalue weighted by molar-refractivity contribution is -0.146. The fourth-order valence-corrected chi connectivity index (χ4v) is 3.36. The predicted molar refractivity (Wildman–Crippen MR) is 83.7 cm³/mol. The highest BCUT2D eigenvalue weighted by atomic mass is 16.5. The number of Topliss-reactive ketones (excluding diaryl/α,β-unsaturated/α-hetero) is 1. The van der Waals surface area contributed by atoms with E-state index in [2.05, 4.69) is 20.8 Å². The van der Waals surface area contributed by atoms with Crippen molar-refractivity contribution in [3.8, 4) is 0 Å². The molecule has 0 aliphatic heterocycles. The molecule has 0 heterocycles. The number of carbonyl (C=O) groups excluding carboxylic acids is 2. The van der Waals surface area contributed by atoms with Gasteiger partial charge in [-0.1, -0.05) is 34.1 Å². The lowest BCUT2D eigenvalue weighted by Gasteiger charge is -2.37. The molecule has 2 N–H and O–H groups in total. The van der Waals surface area contributed by atoms with Crippen molar-refractivity contribution in [3.05, 3.63) is 0 Å². The van der Waals surface area contributed by atoms with Crippen molar-refractivity contribution in [2.75, 3.05) is 6.61 Å². The van der Waals surface area contributed by atoms with Crippen molar-refractivity contribution in [2.24, 2.45) is 29.4 Å². The van der Waals surface area contributed by atoms with Gasteiger partial charge in [-0.2, -0.15) is 0 Å². The third-order valence-electron chi connectivity index (χ3n) is 4.61. The number of hydrogen-bond donors (Lipinski definition) is 1. The molecule has 122 valence electrons. The van der Waals surface area contributed by atoms with Gasteiger partial charge in [0.05, 0.1) is 19.1 Å². The zero-order valence-electron chi connectivity index (χ0n) is 13.9. The summed E-state index contributed by atoms with van der Waals surface area (Å²) in [6.07, 6.45) is 3.96. The molecule has 0 aromatic carbocycles. The van der Waals surface area contributed by atoms with Crippen LogP contribution < -0.4 is 5.73 Å². The van der Waals surface area contributed by atoms with Crippen molar-refractivity contribution in [3.63, 3.8) is 0 Å². The van der Waals surface area contributed by atoms with Crippen LogP contribution in [0.4, 0.5) is 0 Å². The molecule has 1 rings (SSSR count). The Labute approximate surface area is 128 Å². The van der Waals surface area contributed by atoms with E-state index in [4.69, 9.17) is 10.5 Å². The van der Waals surface area contributed by atoms with Crippen LogP contribution in [0.3, 0.4) is 0 Å². The standard InChI is InChI=1S/C17H31NO3/c1-5-8-21-16(19)10-15(18)17(20)14-9-12(4)6-7-13(14)11(2)3/h11-15H,5-10,18H2,1-4H3. The van der Waals surface area contributed by atoms with Crippen molar-refractivity contribution in [2.45, 2.75) is 65.8 Å². The highest BCUT2D eigenvalue weighted by Gasteiger charge is 2.37. The number of carbonyl (C=O) groups is 2. The van der Waals surface area contributed by atoms with E-state index in [-0.39, 0.29) is 24.1 Å². The van der Waals surface area contributed by atoms with E-state index in [1.807, 2.05) is 6.92 Å². The molecule has 0 spiro atoms. The second-order valence-corrected chi connectivity index (χ2v) is 6.87. The molecule has 0 aromatic rings. The second kappa shape index (κ2) is 8.52. The van der Waals surface area contributed by atoms with Crippen LogP contribution in [0.1, 0.15) is 59.8 Å². The summed E-state index contributed by atoms with van der Waals surface area (Å²) >= 11 is 0. The first kappa shape index (κ1) is 18.1. The highest BCUT2D eigenvalue weighted by Crippen LogP contribution is 2.39. The lowest BCUT2D eigenvalue weighted by atomic mass is 9.67. The molecular weight excluding hydrogens is 266 g/mol. The molecule has 4 nitrogen and oxygen atoms in total. The summed E-state index contributed by atoms with van der Waals surface area (Å²) in [5, 5.41) is 0. The third kappa shape index (κ3) is 5.42. The molecule has 0 saturated heterocycles. The highest BCUT2D eigenvalue weighted by molar-refractivity contribution is 5.90. The van der Waals surface area contributed by atoms with Crippen LogP contribution in [-0.2, 0) is 14.3 Å². The Morgan fingerprint density at radius 2 is 1.95 bits per heavy atom. The Hall–Kier alpha value is -0.900. The van der Waals surface area contributed by atoms with E-state index < -0.39 is 6.04 Å². The van der Waals surface area contributed by atoms with Crippen LogP contribution in [0, 0.1) is 23.7 Å². The first-order chi connectivity index (χ1) is 9.86. The minimum atomic E-state index is -0.717. The maximum Gasteiger partial charge on any atom is 0.307 e. The third-order valence-corrected chi connectivity index (χ3v) is 4.61. The van der Waals surface area contributed by atoms with Gasteiger partial charge in [-0.15, -0.1) is 0 Å². The van der Waals surface area contributed by atoms with Crippen LogP contribution in [0.15, 0.2) is 0 Å². The number of esters is 1. The molecule has 1 fully saturated rings. The van der Waals surface area contributed by atoms with E-state index in [0.717, 1.165) is 19.3 Å². The molecule has 4 atom stereocenters. The van der Waals surface area contributed by atoms with Crippen LogP contribution in [0.2, 0.25) is 0 Å². The van der Waals surface area contributed by atoms with Gasteiger partial charge in [0.1, 0.15) is 0 Å². The maximum absolute atomic E-state index is 12.6. The summed E-state index contributed by atoms with van der Waals surface area (Å²) in [6.45, 7) is 8.87. The number of nitrogens with two attached hydrogens (primary N) is 1. The first-order valence-corrected chi connectivity index (χ1v) is 8.31. The Morgan fingerprint density at radius 1 is 1.29 bits per heavy atom. The number of ether oxygens (including phenoxy) is 1. The zero-order chi connectivity index (χ0) is 16.0. The van der Waals surface area contributed by atoms with Crippen molar-refractivity contribution < 1.29 is 14.3 Å². The van der Waals surface area contributed by atoms with Crippen molar-refractivity contribution in [1.29, 1.82) is 0 Å². The minimum Gasteiger partial charge on any atom is -0.466 e. The summed E-state index contributed by atoms with van der Waals surface area (Å²) in [5.41, 5.74) is 5.98. The first-order valence-electron chi connectivity index (χ1n) is 8.31. The largest absolute Gasteiger partial charge is 0.466 e. The summed E-state index contributed by atoms with van der Waals surface area (Å²) < 4.78 is 5.02. The minimum absolute atomic E-state index is 0.00252. The van der Waals surface area contributed by atoms with Crippen LogP contribution in [0.25, 0.3) is 0 Å². The van der Waals surface area contributed by atoms with Gasteiger partial charge in [-0.25, -0.2) is 0 Å². The number of ketones is 1. The smallest absolute Gasteiger partial charge is 0.307 e. The van der Waals surface area contributed by atoms with E-state index in [9.17, 15) is 9.59 Å². The fourth-order valence-electron chi connectivity index (χ4n) is 3.36. The molecule has 0 radical (unpaired) electrons. The van der Waals surface area contributed by atoms with E-state index in [1.54, 1.807) is 0 Å². The molecular formula is C17H31NO3. The zero-order valence-corrected chi connectivity index (χ0v) is 13.9. The van der Waals surface area contributed by atoms with Crippen LogP contribution >= 0.6 is 0 Å². The van der Waals surface area contributed by atoms with Gasteiger partial charge in [0.15, 0.2) is 5.78 Å². The van der Waals surface area contributed by atoms with Gasteiger partial charge in [0.25, 0.3) is 0 Å².